The zero-order chi connectivity index (χ0) is 14.7. The molecule has 3 nitrogen and oxygen atoms in total. The van der Waals surface area contributed by atoms with Crippen molar-refractivity contribution in [3.05, 3.63) is 34.1 Å². The van der Waals surface area contributed by atoms with Crippen LogP contribution in [0.15, 0.2) is 22.7 Å². The molecule has 1 aromatic carbocycles. The van der Waals surface area contributed by atoms with Crippen molar-refractivity contribution >= 4 is 21.8 Å². The molecule has 2 rings (SSSR count). The van der Waals surface area contributed by atoms with Crippen LogP contribution in [-0.4, -0.2) is 29.9 Å². The van der Waals surface area contributed by atoms with Crippen molar-refractivity contribution in [3.63, 3.8) is 0 Å². The lowest BCUT2D eigenvalue weighted by atomic mass is 10.0. The predicted molar refractivity (Wildman–Crippen MR) is 81.0 cm³/mol. The maximum Gasteiger partial charge on any atom is 0.255 e. The average Bonchev–Trinajstić information content (AvgIpc) is 2.90. The molecule has 110 valence electrons. The van der Waals surface area contributed by atoms with Crippen molar-refractivity contribution in [2.24, 2.45) is 11.7 Å². The largest absolute Gasteiger partial charge is 0.336 e. The standard InChI is InChI=1S/C15H20BrFN2O/c1-2-19(14-5-3-4-10(14)9-18)15(20)12-8-11(17)6-7-13(12)16/h6-8,10,14H,2-5,9,18H2,1H3. The number of hydrogen-bond donors (Lipinski definition) is 1. The Morgan fingerprint density at radius 1 is 1.50 bits per heavy atom. The lowest BCUT2D eigenvalue weighted by Crippen LogP contribution is -2.44. The minimum Gasteiger partial charge on any atom is -0.336 e. The maximum absolute atomic E-state index is 13.4. The number of amides is 1. The number of halogens is 2. The fraction of sp³-hybridized carbons (Fsp3) is 0.533. The minimum atomic E-state index is -0.394. The van der Waals surface area contributed by atoms with Crippen molar-refractivity contribution in [1.29, 1.82) is 0 Å². The molecule has 5 heteroatoms. The summed E-state index contributed by atoms with van der Waals surface area (Å²) in [5, 5.41) is 0. The lowest BCUT2D eigenvalue weighted by molar-refractivity contribution is 0.0650. The molecule has 2 atom stereocenters. The number of nitrogens with two attached hydrogens (primary N) is 1. The molecule has 2 N–H and O–H groups in total. The van der Waals surface area contributed by atoms with E-state index in [4.69, 9.17) is 5.73 Å². The molecule has 20 heavy (non-hydrogen) atoms. The molecular formula is C15H20BrFN2O. The Morgan fingerprint density at radius 2 is 2.25 bits per heavy atom. The molecule has 0 bridgehead atoms. The fourth-order valence-corrected chi connectivity index (χ4v) is 3.46. The van der Waals surface area contributed by atoms with E-state index in [2.05, 4.69) is 15.9 Å². The molecule has 0 heterocycles. The van der Waals surface area contributed by atoms with E-state index in [1.54, 1.807) is 6.07 Å². The van der Waals surface area contributed by atoms with Crippen LogP contribution in [0.3, 0.4) is 0 Å². The molecule has 0 spiro atoms. The quantitative estimate of drug-likeness (QED) is 0.913. The van der Waals surface area contributed by atoms with Crippen LogP contribution in [0.25, 0.3) is 0 Å². The first-order valence-corrected chi connectivity index (χ1v) is 7.83. The van der Waals surface area contributed by atoms with Crippen LogP contribution >= 0.6 is 15.9 Å². The molecule has 1 fully saturated rings. The van der Waals surface area contributed by atoms with E-state index in [1.807, 2.05) is 11.8 Å². The third kappa shape index (κ3) is 3.04. The highest BCUT2D eigenvalue weighted by Crippen LogP contribution is 2.31. The Balaban J connectivity index is 2.27. The van der Waals surface area contributed by atoms with Gasteiger partial charge in [0.05, 0.1) is 5.56 Å². The zero-order valence-electron chi connectivity index (χ0n) is 11.6. The zero-order valence-corrected chi connectivity index (χ0v) is 13.2. The van der Waals surface area contributed by atoms with Gasteiger partial charge in [-0.1, -0.05) is 6.42 Å². The van der Waals surface area contributed by atoms with E-state index >= 15 is 0 Å². The Kier molecular flexibility index (Phi) is 5.16. The van der Waals surface area contributed by atoms with Gasteiger partial charge in [0.25, 0.3) is 5.91 Å². The molecule has 1 aliphatic carbocycles. The van der Waals surface area contributed by atoms with E-state index in [0.717, 1.165) is 19.3 Å². The summed E-state index contributed by atoms with van der Waals surface area (Å²) in [6, 6.07) is 4.38. The van der Waals surface area contributed by atoms with Gasteiger partial charge < -0.3 is 10.6 Å². The molecule has 1 aliphatic rings. The smallest absolute Gasteiger partial charge is 0.255 e. The predicted octanol–water partition coefficient (Wildman–Crippen LogP) is 3.18. The number of hydrogen-bond acceptors (Lipinski definition) is 2. The average molecular weight is 343 g/mol. The van der Waals surface area contributed by atoms with Crippen LogP contribution in [0.5, 0.6) is 0 Å². The summed E-state index contributed by atoms with van der Waals surface area (Å²) in [6.45, 7) is 3.17. The van der Waals surface area contributed by atoms with E-state index in [-0.39, 0.29) is 11.9 Å². The van der Waals surface area contributed by atoms with Gasteiger partial charge in [0, 0.05) is 17.1 Å². The SMILES string of the molecule is CCN(C(=O)c1cc(F)ccc1Br)C1CCCC1CN. The molecule has 0 radical (unpaired) electrons. The van der Waals surface area contributed by atoms with Crippen molar-refractivity contribution in [3.8, 4) is 0 Å². The Hall–Kier alpha value is -0.940. The van der Waals surface area contributed by atoms with E-state index in [9.17, 15) is 9.18 Å². The summed E-state index contributed by atoms with van der Waals surface area (Å²) in [7, 11) is 0. The molecule has 1 amide bonds. The van der Waals surface area contributed by atoms with E-state index in [0.29, 0.717) is 29.0 Å². The number of rotatable bonds is 4. The van der Waals surface area contributed by atoms with Gasteiger partial charge in [0.15, 0.2) is 0 Å². The van der Waals surface area contributed by atoms with Gasteiger partial charge in [-0.25, -0.2) is 4.39 Å². The van der Waals surface area contributed by atoms with Crippen LogP contribution in [0.1, 0.15) is 36.5 Å². The summed E-state index contributed by atoms with van der Waals surface area (Å²) in [6.07, 6.45) is 3.14. The molecule has 0 aromatic heterocycles. The van der Waals surface area contributed by atoms with Crippen molar-refractivity contribution in [2.75, 3.05) is 13.1 Å². The van der Waals surface area contributed by atoms with E-state index < -0.39 is 5.82 Å². The second-order valence-electron chi connectivity index (χ2n) is 5.21. The minimum absolute atomic E-state index is 0.121. The normalized spacial score (nSPS) is 22.0. The highest BCUT2D eigenvalue weighted by atomic mass is 79.9. The monoisotopic (exact) mass is 342 g/mol. The third-order valence-corrected chi connectivity index (χ3v) is 4.77. The van der Waals surface area contributed by atoms with Gasteiger partial charge in [-0.05, 0) is 66.4 Å². The Labute approximate surface area is 127 Å². The van der Waals surface area contributed by atoms with Gasteiger partial charge in [0.2, 0.25) is 0 Å². The highest BCUT2D eigenvalue weighted by Gasteiger charge is 2.33. The summed E-state index contributed by atoms with van der Waals surface area (Å²) >= 11 is 3.33. The molecule has 1 aromatic rings. The number of carbonyl (C=O) groups is 1. The van der Waals surface area contributed by atoms with Gasteiger partial charge >= 0.3 is 0 Å². The third-order valence-electron chi connectivity index (χ3n) is 4.08. The van der Waals surface area contributed by atoms with E-state index in [1.165, 1.54) is 12.1 Å². The summed E-state index contributed by atoms with van der Waals surface area (Å²) in [5.74, 6) is -0.162. The second kappa shape index (κ2) is 6.68. The number of carbonyl (C=O) groups excluding carboxylic acids is 1. The topological polar surface area (TPSA) is 46.3 Å². The van der Waals surface area contributed by atoms with Crippen molar-refractivity contribution in [1.82, 2.24) is 4.90 Å². The van der Waals surface area contributed by atoms with Gasteiger partial charge in [-0.15, -0.1) is 0 Å². The Morgan fingerprint density at radius 3 is 2.90 bits per heavy atom. The summed E-state index contributed by atoms with van der Waals surface area (Å²) in [5.41, 5.74) is 6.19. The second-order valence-corrected chi connectivity index (χ2v) is 6.06. The first-order chi connectivity index (χ1) is 9.58. The molecular weight excluding hydrogens is 323 g/mol. The lowest BCUT2D eigenvalue weighted by Gasteiger charge is -2.32. The van der Waals surface area contributed by atoms with Gasteiger partial charge in [-0.2, -0.15) is 0 Å². The first-order valence-electron chi connectivity index (χ1n) is 7.04. The number of benzene rings is 1. The summed E-state index contributed by atoms with van der Waals surface area (Å²) < 4.78 is 14.0. The number of nitrogens with zero attached hydrogens (tertiary/aromatic N) is 1. The Bertz CT molecular complexity index is 495. The van der Waals surface area contributed by atoms with Crippen LogP contribution in [0, 0.1) is 11.7 Å². The van der Waals surface area contributed by atoms with Crippen LogP contribution in [0.4, 0.5) is 4.39 Å². The molecule has 2 unspecified atom stereocenters. The fourth-order valence-electron chi connectivity index (χ4n) is 3.05. The van der Waals surface area contributed by atoms with Crippen LogP contribution in [-0.2, 0) is 0 Å². The molecule has 1 saturated carbocycles. The maximum atomic E-state index is 13.4. The first kappa shape index (κ1) is 15.4. The van der Waals surface area contributed by atoms with Crippen molar-refractivity contribution < 1.29 is 9.18 Å². The highest BCUT2D eigenvalue weighted by molar-refractivity contribution is 9.10. The van der Waals surface area contributed by atoms with Crippen molar-refractivity contribution in [2.45, 2.75) is 32.2 Å². The van der Waals surface area contributed by atoms with Crippen LogP contribution in [0.2, 0.25) is 0 Å². The summed E-state index contributed by atoms with van der Waals surface area (Å²) in [4.78, 5) is 14.5. The molecule has 0 saturated heterocycles. The van der Waals surface area contributed by atoms with Gasteiger partial charge in [0.1, 0.15) is 5.82 Å². The van der Waals surface area contributed by atoms with Crippen LogP contribution < -0.4 is 5.73 Å². The van der Waals surface area contributed by atoms with Gasteiger partial charge in [-0.3, -0.25) is 4.79 Å². The molecule has 0 aliphatic heterocycles.